The van der Waals surface area contributed by atoms with Gasteiger partial charge >= 0.3 is 0 Å². The molecule has 0 saturated heterocycles. The Balaban J connectivity index is 4.61. The van der Waals surface area contributed by atoms with E-state index in [1.54, 1.807) is 18.3 Å². The molecular formula is C18H39NO2S. The molecule has 0 aliphatic rings. The molecule has 0 bridgehead atoms. The van der Waals surface area contributed by atoms with Crippen LogP contribution in [0.5, 0.6) is 0 Å². The van der Waals surface area contributed by atoms with E-state index in [1.807, 2.05) is 0 Å². The molecule has 0 fully saturated rings. The van der Waals surface area contributed by atoms with Crippen LogP contribution in [0.2, 0.25) is 0 Å². The smallest absolute Gasteiger partial charge is 0.212 e. The van der Waals surface area contributed by atoms with Gasteiger partial charge in [-0.3, -0.25) is 0 Å². The molecule has 0 N–H and O–H groups in total. The molecule has 22 heavy (non-hydrogen) atoms. The molecule has 0 heterocycles. The Kier molecular flexibility index (Phi) is 11.4. The third-order valence-corrected chi connectivity index (χ3v) is 6.52. The van der Waals surface area contributed by atoms with Crippen molar-refractivity contribution in [2.45, 2.75) is 91.9 Å². The highest BCUT2D eigenvalue weighted by Crippen LogP contribution is 2.32. The standard InChI is InChI=1S/C18H39NO2S/c1-6-9-11-13-15-18(4,16-14-12-10-7-2)17-19(5)22(20,21)8-3/h6-17H2,1-5H3. The van der Waals surface area contributed by atoms with E-state index < -0.39 is 10.0 Å². The van der Waals surface area contributed by atoms with Crippen molar-refractivity contribution in [3.8, 4) is 0 Å². The lowest BCUT2D eigenvalue weighted by Gasteiger charge is -2.34. The van der Waals surface area contributed by atoms with E-state index in [0.717, 1.165) is 12.8 Å². The molecule has 0 saturated carbocycles. The Morgan fingerprint density at radius 1 is 0.818 bits per heavy atom. The number of unbranched alkanes of at least 4 members (excludes halogenated alkanes) is 6. The summed E-state index contributed by atoms with van der Waals surface area (Å²) in [5.41, 5.74) is 0.123. The highest BCUT2D eigenvalue weighted by molar-refractivity contribution is 7.89. The Morgan fingerprint density at radius 3 is 1.64 bits per heavy atom. The maximum absolute atomic E-state index is 12.1. The van der Waals surface area contributed by atoms with E-state index in [-0.39, 0.29) is 11.2 Å². The number of sulfonamides is 1. The van der Waals surface area contributed by atoms with Crippen LogP contribution in [0.25, 0.3) is 0 Å². The number of hydrogen-bond acceptors (Lipinski definition) is 2. The third kappa shape index (κ3) is 9.14. The minimum atomic E-state index is -3.07. The fourth-order valence-electron chi connectivity index (χ4n) is 3.10. The molecule has 0 aromatic heterocycles. The van der Waals surface area contributed by atoms with Crippen molar-refractivity contribution in [3.63, 3.8) is 0 Å². The highest BCUT2D eigenvalue weighted by Gasteiger charge is 2.29. The topological polar surface area (TPSA) is 37.4 Å². The molecule has 4 heteroatoms. The summed E-state index contributed by atoms with van der Waals surface area (Å²) in [5, 5.41) is 0. The summed E-state index contributed by atoms with van der Waals surface area (Å²) in [5.74, 6) is 0.200. The van der Waals surface area contributed by atoms with Crippen molar-refractivity contribution >= 4 is 10.0 Å². The summed E-state index contributed by atoms with van der Waals surface area (Å²) in [7, 11) is -1.32. The number of nitrogens with zero attached hydrogens (tertiary/aromatic N) is 1. The van der Waals surface area contributed by atoms with E-state index in [1.165, 1.54) is 51.4 Å². The molecule has 0 rings (SSSR count). The lowest BCUT2D eigenvalue weighted by Crippen LogP contribution is -2.38. The van der Waals surface area contributed by atoms with Crippen LogP contribution in [0, 0.1) is 5.41 Å². The second-order valence-electron chi connectivity index (χ2n) is 7.09. The first-order valence-corrected chi connectivity index (χ1v) is 10.9. The normalized spacial score (nSPS) is 13.0. The van der Waals surface area contributed by atoms with Crippen LogP contribution in [0.4, 0.5) is 0 Å². The van der Waals surface area contributed by atoms with Gasteiger partial charge in [0.1, 0.15) is 0 Å². The quantitative estimate of drug-likeness (QED) is 0.409. The van der Waals surface area contributed by atoms with Gasteiger partial charge in [0.15, 0.2) is 0 Å². The van der Waals surface area contributed by atoms with Gasteiger partial charge < -0.3 is 0 Å². The van der Waals surface area contributed by atoms with Crippen LogP contribution in [-0.2, 0) is 10.0 Å². The maximum atomic E-state index is 12.1. The maximum Gasteiger partial charge on any atom is 0.213 e. The zero-order valence-corrected chi connectivity index (χ0v) is 16.5. The fourth-order valence-corrected chi connectivity index (χ4v) is 4.05. The van der Waals surface area contributed by atoms with Crippen molar-refractivity contribution in [1.29, 1.82) is 0 Å². The Bertz CT molecular complexity index is 353. The lowest BCUT2D eigenvalue weighted by molar-refractivity contribution is 0.205. The van der Waals surface area contributed by atoms with Gasteiger partial charge in [-0.15, -0.1) is 0 Å². The highest BCUT2D eigenvalue weighted by atomic mass is 32.2. The number of rotatable bonds is 14. The molecule has 0 aliphatic heterocycles. The van der Waals surface area contributed by atoms with Gasteiger partial charge in [-0.05, 0) is 25.2 Å². The average Bonchev–Trinajstić information content (AvgIpc) is 2.48. The summed E-state index contributed by atoms with van der Waals surface area (Å²) in [6.07, 6.45) is 12.3. The van der Waals surface area contributed by atoms with Crippen LogP contribution >= 0.6 is 0 Å². The molecule has 0 radical (unpaired) electrons. The molecule has 3 nitrogen and oxygen atoms in total. The minimum Gasteiger partial charge on any atom is -0.212 e. The van der Waals surface area contributed by atoms with Crippen molar-refractivity contribution in [1.82, 2.24) is 4.31 Å². The zero-order chi connectivity index (χ0) is 17.1. The summed E-state index contributed by atoms with van der Waals surface area (Å²) in [4.78, 5) is 0. The first-order valence-electron chi connectivity index (χ1n) is 9.25. The Labute approximate surface area is 139 Å². The molecule has 134 valence electrons. The van der Waals surface area contributed by atoms with E-state index in [4.69, 9.17) is 0 Å². The van der Waals surface area contributed by atoms with E-state index in [2.05, 4.69) is 20.8 Å². The predicted octanol–water partition coefficient (Wildman–Crippen LogP) is 5.22. The molecule has 0 amide bonds. The van der Waals surface area contributed by atoms with Crippen LogP contribution in [-0.4, -0.2) is 32.1 Å². The van der Waals surface area contributed by atoms with Crippen molar-refractivity contribution < 1.29 is 8.42 Å². The fraction of sp³-hybridized carbons (Fsp3) is 1.00. The SMILES string of the molecule is CCCCCCC(C)(CCCCCC)CN(C)S(=O)(=O)CC. The second-order valence-corrected chi connectivity index (χ2v) is 9.45. The molecular weight excluding hydrogens is 294 g/mol. The average molecular weight is 334 g/mol. The first-order chi connectivity index (χ1) is 10.3. The monoisotopic (exact) mass is 333 g/mol. The zero-order valence-electron chi connectivity index (χ0n) is 15.7. The summed E-state index contributed by atoms with van der Waals surface area (Å²) in [6, 6.07) is 0. The van der Waals surface area contributed by atoms with Gasteiger partial charge in [0.05, 0.1) is 5.75 Å². The summed E-state index contributed by atoms with van der Waals surface area (Å²) < 4.78 is 25.7. The van der Waals surface area contributed by atoms with Crippen molar-refractivity contribution in [2.24, 2.45) is 5.41 Å². The van der Waals surface area contributed by atoms with Crippen molar-refractivity contribution in [2.75, 3.05) is 19.3 Å². The van der Waals surface area contributed by atoms with Crippen LogP contribution in [0.15, 0.2) is 0 Å². The Hall–Kier alpha value is -0.0900. The van der Waals surface area contributed by atoms with Crippen LogP contribution < -0.4 is 0 Å². The van der Waals surface area contributed by atoms with Gasteiger partial charge in [-0.2, -0.15) is 0 Å². The summed E-state index contributed by atoms with van der Waals surface area (Å²) >= 11 is 0. The van der Waals surface area contributed by atoms with Gasteiger partial charge in [-0.25, -0.2) is 12.7 Å². The van der Waals surface area contributed by atoms with Crippen LogP contribution in [0.1, 0.15) is 91.9 Å². The molecule has 0 unspecified atom stereocenters. The third-order valence-electron chi connectivity index (χ3n) is 4.71. The molecule has 0 aromatic carbocycles. The van der Waals surface area contributed by atoms with Gasteiger partial charge in [0, 0.05) is 13.6 Å². The molecule has 0 spiro atoms. The van der Waals surface area contributed by atoms with Gasteiger partial charge in [0.2, 0.25) is 10.0 Å². The Morgan fingerprint density at radius 2 is 1.27 bits per heavy atom. The van der Waals surface area contributed by atoms with Gasteiger partial charge in [-0.1, -0.05) is 72.1 Å². The molecule has 0 aromatic rings. The largest absolute Gasteiger partial charge is 0.213 e. The number of hydrogen-bond donors (Lipinski definition) is 0. The first kappa shape index (κ1) is 21.9. The van der Waals surface area contributed by atoms with E-state index >= 15 is 0 Å². The lowest BCUT2D eigenvalue weighted by atomic mass is 9.79. The van der Waals surface area contributed by atoms with E-state index in [0.29, 0.717) is 6.54 Å². The van der Waals surface area contributed by atoms with Gasteiger partial charge in [0.25, 0.3) is 0 Å². The predicted molar refractivity (Wildman–Crippen MR) is 97.7 cm³/mol. The minimum absolute atomic E-state index is 0.123. The second kappa shape index (κ2) is 11.4. The summed E-state index contributed by atoms with van der Waals surface area (Å²) in [6.45, 7) is 9.14. The van der Waals surface area contributed by atoms with Crippen LogP contribution in [0.3, 0.4) is 0 Å². The van der Waals surface area contributed by atoms with E-state index in [9.17, 15) is 8.42 Å². The molecule has 0 atom stereocenters. The molecule has 0 aliphatic carbocycles. The van der Waals surface area contributed by atoms with Crippen molar-refractivity contribution in [3.05, 3.63) is 0 Å².